The molecular formula is C22H19ClN2O7. The lowest BCUT2D eigenvalue weighted by Crippen LogP contribution is -2.43. The number of rotatable bonds is 8. The molecule has 166 valence electrons. The van der Waals surface area contributed by atoms with Crippen LogP contribution in [0.4, 0.5) is 0 Å². The van der Waals surface area contributed by atoms with Gasteiger partial charge in [0, 0.05) is 5.02 Å². The van der Waals surface area contributed by atoms with E-state index in [4.69, 9.17) is 30.2 Å². The van der Waals surface area contributed by atoms with E-state index in [1.807, 2.05) is 18.2 Å². The van der Waals surface area contributed by atoms with Crippen LogP contribution in [0.3, 0.4) is 0 Å². The molecule has 32 heavy (non-hydrogen) atoms. The fourth-order valence-corrected chi connectivity index (χ4v) is 2.70. The third-order valence-corrected chi connectivity index (χ3v) is 4.28. The van der Waals surface area contributed by atoms with E-state index in [1.165, 1.54) is 25.3 Å². The molecule has 1 heterocycles. The van der Waals surface area contributed by atoms with Gasteiger partial charge in [0.05, 0.1) is 12.7 Å². The molecule has 0 unspecified atom stereocenters. The van der Waals surface area contributed by atoms with Crippen LogP contribution in [0.25, 0.3) is 0 Å². The lowest BCUT2D eigenvalue weighted by Gasteiger charge is -2.10. The summed E-state index contributed by atoms with van der Waals surface area (Å²) in [6.45, 7) is -0.515. The highest BCUT2D eigenvalue weighted by atomic mass is 35.5. The van der Waals surface area contributed by atoms with Gasteiger partial charge in [0.1, 0.15) is 23.9 Å². The molecule has 0 radical (unpaired) electrons. The Bertz CT molecular complexity index is 1100. The minimum Gasteiger partial charge on any atom is -0.496 e. The summed E-state index contributed by atoms with van der Waals surface area (Å²) >= 11 is 5.88. The first-order valence-electron chi connectivity index (χ1n) is 9.32. The first-order valence-corrected chi connectivity index (χ1v) is 9.70. The normalized spacial score (nSPS) is 10.2. The smallest absolute Gasteiger partial charge is 0.374 e. The Morgan fingerprint density at radius 3 is 2.53 bits per heavy atom. The number of para-hydroxylation sites is 1. The van der Waals surface area contributed by atoms with Crippen LogP contribution in [0.15, 0.2) is 65.1 Å². The summed E-state index contributed by atoms with van der Waals surface area (Å²) < 4.78 is 20.9. The van der Waals surface area contributed by atoms with Crippen molar-refractivity contribution in [2.45, 2.75) is 6.61 Å². The molecule has 0 spiro atoms. The van der Waals surface area contributed by atoms with Gasteiger partial charge in [0.2, 0.25) is 5.76 Å². The van der Waals surface area contributed by atoms with Gasteiger partial charge in [-0.3, -0.25) is 20.4 Å². The highest BCUT2D eigenvalue weighted by molar-refractivity contribution is 6.31. The van der Waals surface area contributed by atoms with Crippen LogP contribution in [0.1, 0.15) is 26.7 Å². The maximum atomic E-state index is 12.2. The van der Waals surface area contributed by atoms with Crippen molar-refractivity contribution in [2.24, 2.45) is 0 Å². The topological polar surface area (TPSA) is 116 Å². The van der Waals surface area contributed by atoms with Gasteiger partial charge < -0.3 is 18.6 Å². The second-order valence-corrected chi connectivity index (χ2v) is 6.73. The summed E-state index contributed by atoms with van der Waals surface area (Å²) in [6, 6.07) is 16.6. The summed E-state index contributed by atoms with van der Waals surface area (Å²) in [5.41, 5.74) is 4.45. The molecule has 0 aliphatic carbocycles. The SMILES string of the molecule is COc1ccc(Cl)cc1C(=O)NNC(=O)COC(=O)c1ccc(COc2ccccc2)o1. The van der Waals surface area contributed by atoms with Gasteiger partial charge in [0.25, 0.3) is 11.8 Å². The lowest BCUT2D eigenvalue weighted by molar-refractivity contribution is -0.125. The van der Waals surface area contributed by atoms with E-state index in [2.05, 4.69) is 10.9 Å². The molecular weight excluding hydrogens is 440 g/mol. The van der Waals surface area contributed by atoms with Crippen molar-refractivity contribution in [3.05, 3.63) is 82.8 Å². The maximum Gasteiger partial charge on any atom is 0.374 e. The molecule has 0 fully saturated rings. The molecule has 1 aromatic heterocycles. The zero-order valence-electron chi connectivity index (χ0n) is 16.9. The van der Waals surface area contributed by atoms with E-state index in [0.29, 0.717) is 16.5 Å². The number of ether oxygens (including phenoxy) is 3. The van der Waals surface area contributed by atoms with Gasteiger partial charge in [-0.2, -0.15) is 0 Å². The van der Waals surface area contributed by atoms with E-state index >= 15 is 0 Å². The number of methoxy groups -OCH3 is 1. The van der Waals surface area contributed by atoms with Gasteiger partial charge in [-0.15, -0.1) is 0 Å². The number of benzene rings is 2. The summed E-state index contributed by atoms with van der Waals surface area (Å²) in [5.74, 6) is -0.997. The van der Waals surface area contributed by atoms with Crippen molar-refractivity contribution in [3.8, 4) is 11.5 Å². The summed E-state index contributed by atoms with van der Waals surface area (Å²) in [5, 5.41) is 0.322. The number of hydrogen-bond acceptors (Lipinski definition) is 7. The van der Waals surface area contributed by atoms with Crippen molar-refractivity contribution < 1.29 is 33.0 Å². The summed E-state index contributed by atoms with van der Waals surface area (Å²) in [6.07, 6.45) is 0. The van der Waals surface area contributed by atoms with E-state index < -0.39 is 24.4 Å². The largest absolute Gasteiger partial charge is 0.496 e. The van der Waals surface area contributed by atoms with Crippen molar-refractivity contribution in [3.63, 3.8) is 0 Å². The first kappa shape index (κ1) is 22.7. The van der Waals surface area contributed by atoms with Gasteiger partial charge in [-0.05, 0) is 42.5 Å². The Kier molecular flexibility index (Phi) is 7.71. The highest BCUT2D eigenvalue weighted by Gasteiger charge is 2.17. The second-order valence-electron chi connectivity index (χ2n) is 6.29. The zero-order valence-corrected chi connectivity index (χ0v) is 17.7. The molecule has 3 rings (SSSR count). The number of carbonyl (C=O) groups excluding carboxylic acids is 3. The number of amides is 2. The van der Waals surface area contributed by atoms with Crippen LogP contribution in [0.5, 0.6) is 11.5 Å². The number of esters is 1. The van der Waals surface area contributed by atoms with Gasteiger partial charge in [-0.1, -0.05) is 29.8 Å². The third-order valence-electron chi connectivity index (χ3n) is 4.04. The Morgan fingerprint density at radius 1 is 1.00 bits per heavy atom. The van der Waals surface area contributed by atoms with Crippen LogP contribution < -0.4 is 20.3 Å². The number of carbonyl (C=O) groups is 3. The van der Waals surface area contributed by atoms with Gasteiger partial charge in [-0.25, -0.2) is 4.79 Å². The number of hydrogen-bond donors (Lipinski definition) is 2. The van der Waals surface area contributed by atoms with Crippen LogP contribution in [-0.4, -0.2) is 31.5 Å². The molecule has 0 saturated heterocycles. The van der Waals surface area contributed by atoms with Crippen LogP contribution in [0.2, 0.25) is 5.02 Å². The molecule has 2 amide bonds. The van der Waals surface area contributed by atoms with E-state index in [0.717, 1.165) is 0 Å². The van der Waals surface area contributed by atoms with Crippen LogP contribution in [0, 0.1) is 0 Å². The van der Waals surface area contributed by atoms with E-state index in [9.17, 15) is 14.4 Å². The molecule has 0 bridgehead atoms. The minimum atomic E-state index is -0.839. The van der Waals surface area contributed by atoms with Gasteiger partial charge >= 0.3 is 5.97 Å². The predicted octanol–water partition coefficient (Wildman–Crippen LogP) is 3.14. The molecule has 0 aliphatic rings. The summed E-state index contributed by atoms with van der Waals surface area (Å²) in [4.78, 5) is 36.2. The number of halogens is 1. The van der Waals surface area contributed by atoms with Gasteiger partial charge in [0.15, 0.2) is 6.61 Å². The number of furan rings is 1. The van der Waals surface area contributed by atoms with Crippen molar-refractivity contribution >= 4 is 29.4 Å². The molecule has 0 aliphatic heterocycles. The number of nitrogens with one attached hydrogen (secondary N) is 2. The minimum absolute atomic E-state index is 0.0860. The molecule has 2 aromatic carbocycles. The standard InChI is InChI=1S/C22H19ClN2O7/c1-29-18-9-7-14(23)11-17(18)21(27)25-24-20(26)13-31-22(28)19-10-8-16(32-19)12-30-15-5-3-2-4-6-15/h2-11H,12-13H2,1H3,(H,24,26)(H,25,27). The zero-order chi connectivity index (χ0) is 22.9. The molecule has 9 nitrogen and oxygen atoms in total. The summed E-state index contributed by atoms with van der Waals surface area (Å²) in [7, 11) is 1.39. The Balaban J connectivity index is 1.44. The average molecular weight is 459 g/mol. The lowest BCUT2D eigenvalue weighted by atomic mass is 10.2. The van der Waals surface area contributed by atoms with Crippen molar-refractivity contribution in [2.75, 3.05) is 13.7 Å². The fourth-order valence-electron chi connectivity index (χ4n) is 2.53. The predicted molar refractivity (Wildman–Crippen MR) is 113 cm³/mol. The van der Waals surface area contributed by atoms with E-state index in [-0.39, 0.29) is 23.7 Å². The fraction of sp³-hybridized carbons (Fsp3) is 0.136. The Morgan fingerprint density at radius 2 is 1.78 bits per heavy atom. The molecule has 10 heteroatoms. The average Bonchev–Trinajstić information content (AvgIpc) is 3.29. The highest BCUT2D eigenvalue weighted by Crippen LogP contribution is 2.22. The van der Waals surface area contributed by atoms with Crippen molar-refractivity contribution in [1.29, 1.82) is 0 Å². The second kappa shape index (κ2) is 10.9. The van der Waals surface area contributed by atoms with Crippen LogP contribution in [-0.2, 0) is 16.1 Å². The van der Waals surface area contributed by atoms with Crippen LogP contribution >= 0.6 is 11.6 Å². The third kappa shape index (κ3) is 6.26. The molecule has 0 saturated carbocycles. The van der Waals surface area contributed by atoms with E-state index in [1.54, 1.807) is 24.3 Å². The maximum absolute atomic E-state index is 12.2. The van der Waals surface area contributed by atoms with Crippen molar-refractivity contribution in [1.82, 2.24) is 10.9 Å². The monoisotopic (exact) mass is 458 g/mol. The Labute approximate surface area is 188 Å². The molecule has 0 atom stereocenters. The molecule has 3 aromatic rings. The Hall–Kier alpha value is -3.98. The molecule has 2 N–H and O–H groups in total. The number of hydrazine groups is 1. The first-order chi connectivity index (χ1) is 15.5. The quantitative estimate of drug-likeness (QED) is 0.393.